The fourth-order valence-corrected chi connectivity index (χ4v) is 3.96. The molecule has 3 rings (SSSR count). The molecular weight excluding hydrogens is 176 g/mol. The number of hydrogen-bond acceptors (Lipinski definition) is 2. The molecule has 0 aromatic rings. The molecule has 2 bridgehead atoms. The van der Waals surface area contributed by atoms with Gasteiger partial charge < -0.3 is 5.32 Å². The average Bonchev–Trinajstić information content (AvgIpc) is 2.78. The molecule has 0 radical (unpaired) electrons. The van der Waals surface area contributed by atoms with E-state index in [4.69, 9.17) is 0 Å². The molecule has 1 amide bonds. The lowest BCUT2D eigenvalue weighted by molar-refractivity contribution is -0.125. The summed E-state index contributed by atoms with van der Waals surface area (Å²) in [5.41, 5.74) is -0.229. The van der Waals surface area contributed by atoms with Gasteiger partial charge in [-0.3, -0.25) is 4.79 Å². The van der Waals surface area contributed by atoms with E-state index in [9.17, 15) is 10.1 Å². The molecule has 0 aromatic carbocycles. The number of nitrogens with zero attached hydrogens (tertiary/aromatic N) is 1. The van der Waals surface area contributed by atoms with Gasteiger partial charge in [0.15, 0.2) is 0 Å². The summed E-state index contributed by atoms with van der Waals surface area (Å²) in [5.74, 6) is 1.83. The third-order valence-corrected chi connectivity index (χ3v) is 4.63. The standard InChI is InChI=1S/C11H14N2O/c1-11(5-12)3-6-2-8(11)9-7(6)4-13-10(9)14/h6-9H,2-4H2,1H3,(H,13,14)/t6?,7?,8?,9-,11?/m1/s1. The largest absolute Gasteiger partial charge is 0.356 e. The van der Waals surface area contributed by atoms with Crippen molar-refractivity contribution in [2.24, 2.45) is 29.1 Å². The van der Waals surface area contributed by atoms with E-state index in [-0.39, 0.29) is 17.2 Å². The van der Waals surface area contributed by atoms with E-state index in [1.54, 1.807) is 0 Å². The van der Waals surface area contributed by atoms with Crippen molar-refractivity contribution in [1.82, 2.24) is 5.32 Å². The van der Waals surface area contributed by atoms with Crippen molar-refractivity contribution in [3.8, 4) is 6.07 Å². The zero-order valence-corrected chi connectivity index (χ0v) is 8.29. The molecule has 1 heterocycles. The van der Waals surface area contributed by atoms with E-state index in [0.717, 1.165) is 19.4 Å². The first-order valence-corrected chi connectivity index (χ1v) is 5.35. The van der Waals surface area contributed by atoms with Crippen molar-refractivity contribution >= 4 is 5.91 Å². The Morgan fingerprint density at radius 2 is 2.43 bits per heavy atom. The van der Waals surface area contributed by atoms with Crippen LogP contribution in [0, 0.1) is 40.4 Å². The summed E-state index contributed by atoms with van der Waals surface area (Å²) < 4.78 is 0. The van der Waals surface area contributed by atoms with Crippen molar-refractivity contribution in [3.63, 3.8) is 0 Å². The van der Waals surface area contributed by atoms with E-state index < -0.39 is 0 Å². The molecule has 14 heavy (non-hydrogen) atoms. The first-order valence-electron chi connectivity index (χ1n) is 5.35. The minimum Gasteiger partial charge on any atom is -0.356 e. The highest BCUT2D eigenvalue weighted by Crippen LogP contribution is 2.61. The molecule has 3 heteroatoms. The summed E-state index contributed by atoms with van der Waals surface area (Å²) in [6.07, 6.45) is 2.11. The predicted octanol–water partition coefficient (Wildman–Crippen LogP) is 0.918. The van der Waals surface area contributed by atoms with Gasteiger partial charge in [-0.15, -0.1) is 0 Å². The Kier molecular flexibility index (Phi) is 1.36. The van der Waals surface area contributed by atoms with Crippen LogP contribution in [-0.4, -0.2) is 12.5 Å². The first kappa shape index (κ1) is 8.28. The molecule has 1 aliphatic heterocycles. The molecule has 3 nitrogen and oxygen atoms in total. The molecule has 4 unspecified atom stereocenters. The highest BCUT2D eigenvalue weighted by molar-refractivity contribution is 5.82. The maximum absolute atomic E-state index is 11.6. The van der Waals surface area contributed by atoms with Gasteiger partial charge in [-0.25, -0.2) is 0 Å². The van der Waals surface area contributed by atoms with E-state index in [1.165, 1.54) is 0 Å². The molecule has 1 saturated heterocycles. The number of rotatable bonds is 0. The number of amides is 1. The summed E-state index contributed by atoms with van der Waals surface area (Å²) in [6.45, 7) is 2.88. The summed E-state index contributed by atoms with van der Waals surface area (Å²) in [5, 5.41) is 12.1. The van der Waals surface area contributed by atoms with Gasteiger partial charge in [0.25, 0.3) is 0 Å². The van der Waals surface area contributed by atoms with Crippen molar-refractivity contribution in [2.75, 3.05) is 6.54 Å². The summed E-state index contributed by atoms with van der Waals surface area (Å²) in [4.78, 5) is 11.6. The second-order valence-corrected chi connectivity index (χ2v) is 5.27. The lowest BCUT2D eigenvalue weighted by atomic mass is 9.67. The summed E-state index contributed by atoms with van der Waals surface area (Å²) >= 11 is 0. The van der Waals surface area contributed by atoms with E-state index in [0.29, 0.717) is 17.8 Å². The van der Waals surface area contributed by atoms with Crippen LogP contribution in [0.1, 0.15) is 19.8 Å². The Bertz CT molecular complexity index is 346. The number of hydrogen-bond donors (Lipinski definition) is 1. The smallest absolute Gasteiger partial charge is 0.223 e. The molecule has 3 fully saturated rings. The van der Waals surface area contributed by atoms with Gasteiger partial charge in [0.2, 0.25) is 5.91 Å². The van der Waals surface area contributed by atoms with E-state index >= 15 is 0 Å². The Morgan fingerprint density at radius 1 is 1.64 bits per heavy atom. The topological polar surface area (TPSA) is 52.9 Å². The quantitative estimate of drug-likeness (QED) is 0.617. The Hall–Kier alpha value is -1.04. The number of nitrogens with one attached hydrogen (secondary N) is 1. The monoisotopic (exact) mass is 190 g/mol. The zero-order chi connectivity index (χ0) is 9.92. The van der Waals surface area contributed by atoms with Gasteiger partial charge in [0, 0.05) is 12.5 Å². The molecular formula is C11H14N2O. The van der Waals surface area contributed by atoms with Gasteiger partial charge in [0.1, 0.15) is 0 Å². The van der Waals surface area contributed by atoms with Crippen molar-refractivity contribution < 1.29 is 4.79 Å². The lowest BCUT2D eigenvalue weighted by Crippen LogP contribution is -2.35. The third-order valence-electron chi connectivity index (χ3n) is 4.63. The minimum absolute atomic E-state index is 0.151. The summed E-state index contributed by atoms with van der Waals surface area (Å²) in [6, 6.07) is 2.42. The molecule has 2 aliphatic carbocycles. The van der Waals surface area contributed by atoms with Gasteiger partial charge in [-0.1, -0.05) is 0 Å². The highest BCUT2D eigenvalue weighted by atomic mass is 16.2. The zero-order valence-electron chi connectivity index (χ0n) is 8.29. The van der Waals surface area contributed by atoms with Crippen LogP contribution in [-0.2, 0) is 4.79 Å². The van der Waals surface area contributed by atoms with Crippen LogP contribution in [0.2, 0.25) is 0 Å². The van der Waals surface area contributed by atoms with Gasteiger partial charge in [-0.05, 0) is 37.5 Å². The van der Waals surface area contributed by atoms with Crippen LogP contribution in [0.5, 0.6) is 0 Å². The SMILES string of the molecule is CC1(C#N)CC2CC1[C@@H]1C(=O)NCC21. The van der Waals surface area contributed by atoms with E-state index in [2.05, 4.69) is 11.4 Å². The number of nitriles is 1. The van der Waals surface area contributed by atoms with Gasteiger partial charge in [-0.2, -0.15) is 5.26 Å². The predicted molar refractivity (Wildman–Crippen MR) is 49.9 cm³/mol. The van der Waals surface area contributed by atoms with Crippen LogP contribution >= 0.6 is 0 Å². The molecule has 2 saturated carbocycles. The Balaban J connectivity index is 1.99. The molecule has 5 atom stereocenters. The number of carbonyl (C=O) groups excluding carboxylic acids is 1. The molecule has 1 N–H and O–H groups in total. The normalized spacial score (nSPS) is 54.1. The summed E-state index contributed by atoms with van der Waals surface area (Å²) in [7, 11) is 0. The second-order valence-electron chi connectivity index (χ2n) is 5.27. The average molecular weight is 190 g/mol. The van der Waals surface area contributed by atoms with Gasteiger partial charge in [0.05, 0.1) is 11.5 Å². The molecule has 0 spiro atoms. The maximum Gasteiger partial charge on any atom is 0.223 e. The van der Waals surface area contributed by atoms with Crippen molar-refractivity contribution in [3.05, 3.63) is 0 Å². The maximum atomic E-state index is 11.6. The van der Waals surface area contributed by atoms with Crippen LogP contribution in [0.4, 0.5) is 0 Å². The number of fused-ring (bicyclic) bond motifs is 5. The first-order chi connectivity index (χ1) is 6.65. The van der Waals surface area contributed by atoms with Crippen molar-refractivity contribution in [2.45, 2.75) is 19.8 Å². The Labute approximate surface area is 83.5 Å². The van der Waals surface area contributed by atoms with Crippen LogP contribution in [0.15, 0.2) is 0 Å². The van der Waals surface area contributed by atoms with Gasteiger partial charge >= 0.3 is 0 Å². The second kappa shape index (κ2) is 2.31. The fourth-order valence-electron chi connectivity index (χ4n) is 3.96. The lowest BCUT2D eigenvalue weighted by Gasteiger charge is -2.33. The Morgan fingerprint density at radius 3 is 3.14 bits per heavy atom. The fraction of sp³-hybridized carbons (Fsp3) is 0.818. The minimum atomic E-state index is -0.229. The molecule has 3 aliphatic rings. The van der Waals surface area contributed by atoms with Crippen molar-refractivity contribution in [1.29, 1.82) is 5.26 Å². The molecule has 74 valence electrons. The molecule has 0 aromatic heterocycles. The third kappa shape index (κ3) is 0.755. The van der Waals surface area contributed by atoms with Crippen LogP contribution in [0.3, 0.4) is 0 Å². The van der Waals surface area contributed by atoms with Crippen LogP contribution < -0.4 is 5.32 Å². The number of carbonyl (C=O) groups is 1. The van der Waals surface area contributed by atoms with Crippen LogP contribution in [0.25, 0.3) is 0 Å². The highest BCUT2D eigenvalue weighted by Gasteiger charge is 2.62. The van der Waals surface area contributed by atoms with E-state index in [1.807, 2.05) is 6.92 Å².